The van der Waals surface area contributed by atoms with Crippen LogP contribution >= 0.6 is 11.6 Å². The summed E-state index contributed by atoms with van der Waals surface area (Å²) in [5.74, 6) is -0.802. The number of halogens is 3. The normalized spacial score (nSPS) is 13.6. The van der Waals surface area contributed by atoms with Crippen molar-refractivity contribution in [2.75, 3.05) is 5.75 Å². The molecule has 10 heavy (non-hydrogen) atoms. The van der Waals surface area contributed by atoms with Gasteiger partial charge in [-0.1, -0.05) is 0 Å². The van der Waals surface area contributed by atoms with Crippen molar-refractivity contribution < 1.29 is 17.2 Å². The highest BCUT2D eigenvalue weighted by atomic mass is 35.5. The van der Waals surface area contributed by atoms with E-state index in [1.807, 2.05) is 0 Å². The Bertz CT molecular complexity index is 197. The first-order valence-electron chi connectivity index (χ1n) is 2.28. The number of hydrogen-bond acceptors (Lipinski definition) is 2. The molecule has 0 spiro atoms. The van der Waals surface area contributed by atoms with Crippen LogP contribution in [-0.4, -0.2) is 19.6 Å². The summed E-state index contributed by atoms with van der Waals surface area (Å²) in [7, 11) is -3.82. The van der Waals surface area contributed by atoms with Crippen LogP contribution in [0.2, 0.25) is 0 Å². The van der Waals surface area contributed by atoms with Gasteiger partial charge in [-0.15, -0.1) is 0 Å². The first-order valence-corrected chi connectivity index (χ1v) is 4.37. The standard InChI is InChI=1S/C3H6ClF2NO2S/c4-3(5,6)1-2-10(7,8)9/h1-2H2,(H2,7,8,9). The Morgan fingerprint density at radius 2 is 1.90 bits per heavy atom. The fourth-order valence-electron chi connectivity index (χ4n) is 0.258. The minimum atomic E-state index is -3.82. The predicted molar refractivity (Wildman–Crippen MR) is 33.4 cm³/mol. The topological polar surface area (TPSA) is 60.2 Å². The first-order chi connectivity index (χ1) is 4.21. The van der Waals surface area contributed by atoms with E-state index in [9.17, 15) is 17.2 Å². The van der Waals surface area contributed by atoms with Gasteiger partial charge in [0.25, 0.3) is 0 Å². The second-order valence-corrected chi connectivity index (χ2v) is 4.02. The van der Waals surface area contributed by atoms with Gasteiger partial charge < -0.3 is 0 Å². The molecule has 0 radical (unpaired) electrons. The molecule has 0 amide bonds. The fourth-order valence-corrected chi connectivity index (χ4v) is 1.01. The SMILES string of the molecule is NS(=O)(=O)CCC(F)(F)Cl. The van der Waals surface area contributed by atoms with Gasteiger partial charge >= 0.3 is 5.38 Å². The van der Waals surface area contributed by atoms with Crippen molar-refractivity contribution in [3.8, 4) is 0 Å². The summed E-state index contributed by atoms with van der Waals surface area (Å²) in [5.41, 5.74) is 0. The van der Waals surface area contributed by atoms with Crippen LogP contribution < -0.4 is 5.14 Å². The largest absolute Gasteiger partial charge is 0.322 e. The quantitative estimate of drug-likeness (QED) is 0.664. The molecule has 7 heteroatoms. The van der Waals surface area contributed by atoms with Crippen LogP contribution in [0.5, 0.6) is 0 Å². The number of sulfonamides is 1. The van der Waals surface area contributed by atoms with Gasteiger partial charge in [0.05, 0.1) is 5.75 Å². The third-order valence-electron chi connectivity index (χ3n) is 0.670. The second kappa shape index (κ2) is 2.98. The van der Waals surface area contributed by atoms with Gasteiger partial charge in [-0.3, -0.25) is 0 Å². The van der Waals surface area contributed by atoms with Crippen LogP contribution in [0.3, 0.4) is 0 Å². The molecule has 0 rings (SSSR count). The lowest BCUT2D eigenvalue weighted by Crippen LogP contribution is -2.21. The van der Waals surface area contributed by atoms with Gasteiger partial charge in [-0.05, 0) is 11.6 Å². The molecule has 0 unspecified atom stereocenters. The van der Waals surface area contributed by atoms with Gasteiger partial charge in [-0.2, -0.15) is 8.78 Å². The minimum Gasteiger partial charge on any atom is -0.229 e. The molecule has 0 aromatic rings. The first kappa shape index (κ1) is 10.1. The molecule has 3 nitrogen and oxygen atoms in total. The van der Waals surface area contributed by atoms with E-state index in [4.69, 9.17) is 0 Å². The van der Waals surface area contributed by atoms with Gasteiger partial charge in [0.15, 0.2) is 0 Å². The van der Waals surface area contributed by atoms with Gasteiger partial charge in [0.1, 0.15) is 0 Å². The number of nitrogens with two attached hydrogens (primary N) is 1. The van der Waals surface area contributed by atoms with E-state index in [1.165, 1.54) is 0 Å². The van der Waals surface area contributed by atoms with Crippen molar-refractivity contribution in [1.29, 1.82) is 0 Å². The second-order valence-electron chi connectivity index (χ2n) is 1.73. The molecule has 0 aliphatic carbocycles. The Kier molecular flexibility index (Phi) is 3.00. The molecule has 0 saturated carbocycles. The summed E-state index contributed by atoms with van der Waals surface area (Å²) in [5, 5.41) is 0.943. The molecule has 0 saturated heterocycles. The van der Waals surface area contributed by atoms with Crippen LogP contribution in [0.1, 0.15) is 6.42 Å². The van der Waals surface area contributed by atoms with Crippen molar-refractivity contribution in [3.63, 3.8) is 0 Å². The zero-order valence-electron chi connectivity index (χ0n) is 4.85. The molecule has 0 bridgehead atoms. The lowest BCUT2D eigenvalue weighted by molar-refractivity contribution is 0.0928. The zero-order valence-corrected chi connectivity index (χ0v) is 6.42. The summed E-state index contributed by atoms with van der Waals surface area (Å²) in [6.45, 7) is 0. The van der Waals surface area contributed by atoms with E-state index >= 15 is 0 Å². The van der Waals surface area contributed by atoms with Crippen molar-refractivity contribution in [1.82, 2.24) is 0 Å². The van der Waals surface area contributed by atoms with Crippen molar-refractivity contribution >= 4 is 21.6 Å². The molecule has 0 aromatic heterocycles. The summed E-state index contributed by atoms with van der Waals surface area (Å²) in [4.78, 5) is 0. The molecule has 62 valence electrons. The van der Waals surface area contributed by atoms with Crippen LogP contribution in [0.25, 0.3) is 0 Å². The Morgan fingerprint density at radius 1 is 1.50 bits per heavy atom. The maximum Gasteiger partial charge on any atom is 0.322 e. The van der Waals surface area contributed by atoms with E-state index in [1.54, 1.807) is 0 Å². The molecule has 0 aliphatic heterocycles. The molecule has 0 heterocycles. The average Bonchev–Trinajstić information content (AvgIpc) is 1.57. The van der Waals surface area contributed by atoms with Crippen LogP contribution in [0, 0.1) is 0 Å². The molecule has 2 N–H and O–H groups in total. The lowest BCUT2D eigenvalue weighted by Gasteiger charge is -2.04. The third kappa shape index (κ3) is 8.06. The summed E-state index contributed by atoms with van der Waals surface area (Å²) in [6.07, 6.45) is -0.951. The predicted octanol–water partition coefficient (Wildman–Crippen LogP) is 0.497. The van der Waals surface area contributed by atoms with E-state index in [0.717, 1.165) is 0 Å². The Morgan fingerprint density at radius 3 is 2.00 bits per heavy atom. The van der Waals surface area contributed by atoms with E-state index in [2.05, 4.69) is 16.7 Å². The molecule has 0 fully saturated rings. The van der Waals surface area contributed by atoms with E-state index < -0.39 is 27.6 Å². The third-order valence-corrected chi connectivity index (χ3v) is 1.63. The molecular weight excluding hydrogens is 188 g/mol. The molecule has 0 aromatic carbocycles. The Balaban J connectivity index is 3.79. The van der Waals surface area contributed by atoms with Crippen LogP contribution in [-0.2, 0) is 10.0 Å². The summed E-state index contributed by atoms with van der Waals surface area (Å²) < 4.78 is 43.5. The van der Waals surface area contributed by atoms with Gasteiger partial charge in [-0.25, -0.2) is 13.6 Å². The number of alkyl halides is 3. The average molecular weight is 194 g/mol. The van der Waals surface area contributed by atoms with Crippen molar-refractivity contribution in [3.05, 3.63) is 0 Å². The fraction of sp³-hybridized carbons (Fsp3) is 1.00. The monoisotopic (exact) mass is 193 g/mol. The minimum absolute atomic E-state index is 0.802. The van der Waals surface area contributed by atoms with E-state index in [-0.39, 0.29) is 0 Å². The van der Waals surface area contributed by atoms with E-state index in [0.29, 0.717) is 0 Å². The van der Waals surface area contributed by atoms with Crippen molar-refractivity contribution in [2.45, 2.75) is 11.8 Å². The summed E-state index contributed by atoms with van der Waals surface area (Å²) >= 11 is 4.39. The van der Waals surface area contributed by atoms with Gasteiger partial charge in [0.2, 0.25) is 10.0 Å². The maximum atomic E-state index is 11.7. The van der Waals surface area contributed by atoms with Gasteiger partial charge in [0, 0.05) is 6.42 Å². The van der Waals surface area contributed by atoms with Crippen molar-refractivity contribution in [2.24, 2.45) is 5.14 Å². The molecule has 0 atom stereocenters. The lowest BCUT2D eigenvalue weighted by atomic mass is 10.5. The highest BCUT2D eigenvalue weighted by Crippen LogP contribution is 2.22. The number of hydrogen-bond donors (Lipinski definition) is 1. The molecule has 0 aliphatic rings. The smallest absolute Gasteiger partial charge is 0.229 e. The number of rotatable bonds is 3. The molecular formula is C3H6ClF2NO2S. The zero-order chi connectivity index (χ0) is 8.41. The maximum absolute atomic E-state index is 11.7. The Labute approximate surface area is 62.2 Å². The Hall–Kier alpha value is 0.0600. The highest BCUT2D eigenvalue weighted by Gasteiger charge is 2.26. The highest BCUT2D eigenvalue weighted by molar-refractivity contribution is 7.89. The van der Waals surface area contributed by atoms with Crippen LogP contribution in [0.4, 0.5) is 8.78 Å². The number of primary sulfonamides is 1. The van der Waals surface area contributed by atoms with Crippen LogP contribution in [0.15, 0.2) is 0 Å². The summed E-state index contributed by atoms with van der Waals surface area (Å²) in [6, 6.07) is 0.